The highest BCUT2D eigenvalue weighted by Crippen LogP contribution is 2.20. The molecule has 0 unspecified atom stereocenters. The van der Waals surface area contributed by atoms with E-state index in [1.807, 2.05) is 54.8 Å². The normalized spacial score (nSPS) is 10.3. The topological polar surface area (TPSA) is 31.2 Å². The fraction of sp³-hybridized carbons (Fsp3) is 0.214. The van der Waals surface area contributed by atoms with Gasteiger partial charge in [-0.3, -0.25) is 0 Å². The number of benzene rings is 1. The highest BCUT2D eigenvalue weighted by atomic mass is 16.5. The third-order valence-electron chi connectivity index (χ3n) is 2.85. The Kier molecular flexibility index (Phi) is 3.00. The SMILES string of the molecule is COC(=O)c1cc(C)n(-c2ccccc2)c1C. The maximum Gasteiger partial charge on any atom is 0.339 e. The molecule has 2 rings (SSSR count). The molecule has 0 aliphatic rings. The highest BCUT2D eigenvalue weighted by molar-refractivity contribution is 5.91. The van der Waals surface area contributed by atoms with Crippen LogP contribution >= 0.6 is 0 Å². The third kappa shape index (κ3) is 1.96. The van der Waals surface area contributed by atoms with Crippen molar-refractivity contribution in [1.29, 1.82) is 0 Å². The lowest BCUT2D eigenvalue weighted by Crippen LogP contribution is -2.04. The first kappa shape index (κ1) is 11.5. The monoisotopic (exact) mass is 229 g/mol. The first-order chi connectivity index (χ1) is 8.15. The van der Waals surface area contributed by atoms with Crippen molar-refractivity contribution >= 4 is 5.97 Å². The van der Waals surface area contributed by atoms with Crippen LogP contribution in [-0.2, 0) is 4.74 Å². The number of esters is 1. The summed E-state index contributed by atoms with van der Waals surface area (Å²) in [6.07, 6.45) is 0. The lowest BCUT2D eigenvalue weighted by molar-refractivity contribution is 0.0600. The number of ether oxygens (including phenoxy) is 1. The molecule has 0 atom stereocenters. The number of rotatable bonds is 2. The Balaban J connectivity index is 2.57. The predicted octanol–water partition coefficient (Wildman–Crippen LogP) is 2.88. The largest absolute Gasteiger partial charge is 0.465 e. The first-order valence-electron chi connectivity index (χ1n) is 5.48. The van der Waals surface area contributed by atoms with Gasteiger partial charge < -0.3 is 9.30 Å². The quantitative estimate of drug-likeness (QED) is 0.741. The summed E-state index contributed by atoms with van der Waals surface area (Å²) in [5.41, 5.74) is 3.60. The summed E-state index contributed by atoms with van der Waals surface area (Å²) in [6, 6.07) is 11.8. The number of methoxy groups -OCH3 is 1. The van der Waals surface area contributed by atoms with Crippen LogP contribution in [0.3, 0.4) is 0 Å². The summed E-state index contributed by atoms with van der Waals surface area (Å²) in [5.74, 6) is -0.291. The summed E-state index contributed by atoms with van der Waals surface area (Å²) >= 11 is 0. The van der Waals surface area contributed by atoms with Crippen LogP contribution in [0.4, 0.5) is 0 Å². The van der Waals surface area contributed by atoms with Crippen molar-refractivity contribution in [2.24, 2.45) is 0 Å². The number of nitrogens with zero attached hydrogens (tertiary/aromatic N) is 1. The van der Waals surface area contributed by atoms with Gasteiger partial charge in [-0.25, -0.2) is 4.79 Å². The Bertz CT molecular complexity index is 541. The molecule has 0 fully saturated rings. The molecule has 88 valence electrons. The van der Waals surface area contributed by atoms with Gasteiger partial charge >= 0.3 is 5.97 Å². The molecule has 1 aromatic heterocycles. The van der Waals surface area contributed by atoms with E-state index in [9.17, 15) is 4.79 Å². The summed E-state index contributed by atoms with van der Waals surface area (Å²) in [6.45, 7) is 3.90. The summed E-state index contributed by atoms with van der Waals surface area (Å²) in [4.78, 5) is 11.6. The van der Waals surface area contributed by atoms with Crippen LogP contribution in [0.25, 0.3) is 5.69 Å². The van der Waals surface area contributed by atoms with Crippen LogP contribution in [0.5, 0.6) is 0 Å². The molecule has 17 heavy (non-hydrogen) atoms. The number of para-hydroxylation sites is 1. The number of hydrogen-bond acceptors (Lipinski definition) is 2. The van der Waals surface area contributed by atoms with E-state index in [1.54, 1.807) is 0 Å². The van der Waals surface area contributed by atoms with Gasteiger partial charge in [0.05, 0.1) is 12.7 Å². The summed E-state index contributed by atoms with van der Waals surface area (Å²) < 4.78 is 6.82. The van der Waals surface area contributed by atoms with E-state index in [0.29, 0.717) is 5.56 Å². The molecule has 0 aliphatic carbocycles. The van der Waals surface area contributed by atoms with Gasteiger partial charge in [-0.15, -0.1) is 0 Å². The molecule has 2 aromatic rings. The molecular formula is C14H15NO2. The maximum atomic E-state index is 11.6. The average Bonchev–Trinajstić information content (AvgIpc) is 2.65. The van der Waals surface area contributed by atoms with Crippen molar-refractivity contribution in [3.05, 3.63) is 53.3 Å². The zero-order chi connectivity index (χ0) is 12.4. The third-order valence-corrected chi connectivity index (χ3v) is 2.85. The minimum absolute atomic E-state index is 0.291. The van der Waals surface area contributed by atoms with Crippen LogP contribution in [0.15, 0.2) is 36.4 Å². The van der Waals surface area contributed by atoms with Gasteiger partial charge in [0.2, 0.25) is 0 Å². The molecule has 0 N–H and O–H groups in total. The van der Waals surface area contributed by atoms with Crippen LogP contribution in [0, 0.1) is 13.8 Å². The van der Waals surface area contributed by atoms with Crippen LogP contribution in [0.2, 0.25) is 0 Å². The van der Waals surface area contributed by atoms with E-state index in [1.165, 1.54) is 7.11 Å². The molecular weight excluding hydrogens is 214 g/mol. The second-order valence-corrected chi connectivity index (χ2v) is 3.95. The lowest BCUT2D eigenvalue weighted by Gasteiger charge is -2.09. The van der Waals surface area contributed by atoms with Crippen molar-refractivity contribution in [3.8, 4) is 5.69 Å². The molecule has 0 spiro atoms. The Morgan fingerprint density at radius 2 is 1.82 bits per heavy atom. The van der Waals surface area contributed by atoms with Crippen molar-refractivity contribution in [1.82, 2.24) is 4.57 Å². The molecule has 0 amide bonds. The van der Waals surface area contributed by atoms with Gasteiger partial charge in [0.25, 0.3) is 0 Å². The Labute approximate surface area is 101 Å². The maximum absolute atomic E-state index is 11.6. The Morgan fingerprint density at radius 1 is 1.18 bits per heavy atom. The summed E-state index contributed by atoms with van der Waals surface area (Å²) in [5, 5.41) is 0. The van der Waals surface area contributed by atoms with Gasteiger partial charge in [0.1, 0.15) is 0 Å². The standard InChI is InChI=1S/C14H15NO2/c1-10-9-13(14(16)17-3)11(2)15(10)12-7-5-4-6-8-12/h4-9H,1-3H3. The number of carbonyl (C=O) groups is 1. The minimum atomic E-state index is -0.291. The molecule has 1 heterocycles. The fourth-order valence-electron chi connectivity index (χ4n) is 2.05. The van der Waals surface area contributed by atoms with E-state index in [4.69, 9.17) is 4.74 Å². The minimum Gasteiger partial charge on any atom is -0.465 e. The van der Waals surface area contributed by atoms with E-state index in [0.717, 1.165) is 17.1 Å². The molecule has 0 saturated carbocycles. The molecule has 0 saturated heterocycles. The summed E-state index contributed by atoms with van der Waals surface area (Å²) in [7, 11) is 1.40. The van der Waals surface area contributed by atoms with Gasteiger partial charge in [0.15, 0.2) is 0 Å². The molecule has 0 radical (unpaired) electrons. The van der Waals surface area contributed by atoms with Crippen molar-refractivity contribution in [2.45, 2.75) is 13.8 Å². The van der Waals surface area contributed by atoms with Crippen LogP contribution in [0.1, 0.15) is 21.7 Å². The van der Waals surface area contributed by atoms with Gasteiger partial charge in [-0.05, 0) is 32.0 Å². The number of hydrogen-bond donors (Lipinski definition) is 0. The first-order valence-corrected chi connectivity index (χ1v) is 5.48. The number of carbonyl (C=O) groups excluding carboxylic acids is 1. The van der Waals surface area contributed by atoms with Gasteiger partial charge in [-0.1, -0.05) is 18.2 Å². The van der Waals surface area contributed by atoms with Crippen molar-refractivity contribution in [2.75, 3.05) is 7.11 Å². The van der Waals surface area contributed by atoms with E-state index >= 15 is 0 Å². The highest BCUT2D eigenvalue weighted by Gasteiger charge is 2.16. The Hall–Kier alpha value is -2.03. The fourth-order valence-corrected chi connectivity index (χ4v) is 2.05. The van der Waals surface area contributed by atoms with Crippen LogP contribution < -0.4 is 0 Å². The molecule has 3 nitrogen and oxygen atoms in total. The molecule has 0 aliphatic heterocycles. The zero-order valence-electron chi connectivity index (χ0n) is 10.2. The number of aryl methyl sites for hydroxylation is 1. The van der Waals surface area contributed by atoms with Crippen molar-refractivity contribution < 1.29 is 9.53 Å². The van der Waals surface area contributed by atoms with Gasteiger partial charge in [-0.2, -0.15) is 0 Å². The molecule has 0 bridgehead atoms. The zero-order valence-corrected chi connectivity index (χ0v) is 10.2. The smallest absolute Gasteiger partial charge is 0.339 e. The van der Waals surface area contributed by atoms with E-state index in [2.05, 4.69) is 0 Å². The van der Waals surface area contributed by atoms with E-state index < -0.39 is 0 Å². The predicted molar refractivity (Wildman–Crippen MR) is 66.6 cm³/mol. The number of aromatic nitrogens is 1. The Morgan fingerprint density at radius 3 is 2.41 bits per heavy atom. The molecule has 1 aromatic carbocycles. The van der Waals surface area contributed by atoms with Crippen LogP contribution in [-0.4, -0.2) is 17.6 Å². The second-order valence-electron chi connectivity index (χ2n) is 3.95. The molecule has 3 heteroatoms. The average molecular weight is 229 g/mol. The van der Waals surface area contributed by atoms with Gasteiger partial charge in [0, 0.05) is 17.1 Å². The van der Waals surface area contributed by atoms with E-state index in [-0.39, 0.29) is 5.97 Å². The lowest BCUT2D eigenvalue weighted by atomic mass is 10.2. The second kappa shape index (κ2) is 4.45. The van der Waals surface area contributed by atoms with Crippen molar-refractivity contribution in [3.63, 3.8) is 0 Å².